The zero-order chi connectivity index (χ0) is 21.3. The second-order valence-corrected chi connectivity index (χ2v) is 9.96. The van der Waals surface area contributed by atoms with E-state index < -0.39 is 14.9 Å². The van der Waals surface area contributed by atoms with Gasteiger partial charge in [0.25, 0.3) is 5.69 Å². The summed E-state index contributed by atoms with van der Waals surface area (Å²) in [7, 11) is -3.76. The van der Waals surface area contributed by atoms with Crippen LogP contribution in [0.15, 0.2) is 47.4 Å². The predicted octanol–water partition coefficient (Wildman–Crippen LogP) is 3.45. The fraction of sp³-hybridized carbons (Fsp3) is 0.429. The van der Waals surface area contributed by atoms with E-state index in [0.29, 0.717) is 38.4 Å². The van der Waals surface area contributed by atoms with Gasteiger partial charge >= 0.3 is 0 Å². The molecule has 1 atom stereocenters. The highest BCUT2D eigenvalue weighted by Gasteiger charge is 2.31. The van der Waals surface area contributed by atoms with Crippen molar-refractivity contribution in [2.24, 2.45) is 5.92 Å². The fourth-order valence-electron chi connectivity index (χ4n) is 4.24. The number of anilines is 2. The lowest BCUT2D eigenvalue weighted by molar-refractivity contribution is -0.384. The molecule has 1 saturated heterocycles. The summed E-state index contributed by atoms with van der Waals surface area (Å²) in [6, 6.07) is 12.2. The maximum Gasteiger partial charge on any atom is 0.293 e. The minimum Gasteiger partial charge on any atom is -0.383 e. The number of fused-ring (bicyclic) bond motifs is 1. The molecular weight excluding hydrogens is 404 g/mol. The highest BCUT2D eigenvalue weighted by Crippen LogP contribution is 2.35. The van der Waals surface area contributed by atoms with E-state index in [9.17, 15) is 18.5 Å². The molecule has 1 unspecified atom stereocenters. The van der Waals surface area contributed by atoms with Crippen LogP contribution in [0.2, 0.25) is 0 Å². The number of para-hydroxylation sites is 1. The Kier molecular flexibility index (Phi) is 5.66. The van der Waals surface area contributed by atoms with Gasteiger partial charge in [0.1, 0.15) is 5.69 Å². The number of nitro groups is 1. The lowest BCUT2D eigenvalue weighted by Gasteiger charge is -2.30. The molecule has 0 aromatic heterocycles. The first kappa shape index (κ1) is 20.6. The van der Waals surface area contributed by atoms with Crippen molar-refractivity contribution >= 4 is 27.1 Å². The maximum absolute atomic E-state index is 13.1. The Hall–Kier alpha value is -2.65. The fourth-order valence-corrected chi connectivity index (χ4v) is 5.86. The molecule has 2 aliphatic rings. The van der Waals surface area contributed by atoms with Crippen LogP contribution in [0, 0.1) is 16.0 Å². The minimum atomic E-state index is -3.76. The van der Waals surface area contributed by atoms with Crippen molar-refractivity contribution in [1.82, 2.24) is 4.31 Å². The smallest absolute Gasteiger partial charge is 0.293 e. The molecule has 4 rings (SSSR count). The average molecular weight is 431 g/mol. The molecule has 2 aromatic carbocycles. The molecule has 0 amide bonds. The Labute approximate surface area is 176 Å². The van der Waals surface area contributed by atoms with E-state index in [1.807, 2.05) is 36.1 Å². The van der Waals surface area contributed by atoms with E-state index in [2.05, 4.69) is 5.32 Å². The Morgan fingerprint density at radius 3 is 2.73 bits per heavy atom. The van der Waals surface area contributed by atoms with E-state index in [-0.39, 0.29) is 16.5 Å². The Morgan fingerprint density at radius 1 is 1.17 bits per heavy atom. The van der Waals surface area contributed by atoms with Gasteiger partial charge in [-0.05, 0) is 42.5 Å². The maximum atomic E-state index is 13.1. The number of nitrogens with one attached hydrogen (secondary N) is 1. The van der Waals surface area contributed by atoms with E-state index in [1.165, 1.54) is 16.4 Å². The van der Waals surface area contributed by atoms with Gasteiger partial charge in [0.05, 0.1) is 9.82 Å². The number of nitro benzene ring substituents is 1. The molecule has 9 heteroatoms. The quantitative estimate of drug-likeness (QED) is 0.590. The monoisotopic (exact) mass is 430 g/mol. The van der Waals surface area contributed by atoms with Crippen LogP contribution in [0.25, 0.3) is 0 Å². The number of rotatable bonds is 4. The molecule has 2 heterocycles. The van der Waals surface area contributed by atoms with Gasteiger partial charge in [0.15, 0.2) is 0 Å². The summed E-state index contributed by atoms with van der Waals surface area (Å²) in [5.74, 6) is 0.285. The van der Waals surface area contributed by atoms with Crippen LogP contribution in [-0.2, 0) is 16.6 Å². The van der Waals surface area contributed by atoms with E-state index in [0.717, 1.165) is 24.1 Å². The largest absolute Gasteiger partial charge is 0.383 e. The van der Waals surface area contributed by atoms with Gasteiger partial charge in [-0.3, -0.25) is 10.1 Å². The van der Waals surface area contributed by atoms with Gasteiger partial charge in [0.2, 0.25) is 10.0 Å². The van der Waals surface area contributed by atoms with Crippen molar-refractivity contribution in [3.63, 3.8) is 0 Å². The van der Waals surface area contributed by atoms with Gasteiger partial charge in [-0.1, -0.05) is 25.1 Å². The molecule has 0 radical (unpaired) electrons. The van der Waals surface area contributed by atoms with Crippen LogP contribution in [0.5, 0.6) is 0 Å². The van der Waals surface area contributed by atoms with Crippen molar-refractivity contribution in [3.05, 3.63) is 58.1 Å². The van der Waals surface area contributed by atoms with Crippen LogP contribution in [0.1, 0.15) is 25.3 Å². The first-order chi connectivity index (χ1) is 14.4. The highest BCUT2D eigenvalue weighted by molar-refractivity contribution is 7.89. The zero-order valence-electron chi connectivity index (χ0n) is 17.0. The molecule has 30 heavy (non-hydrogen) atoms. The molecule has 1 fully saturated rings. The van der Waals surface area contributed by atoms with Gasteiger partial charge in [-0.2, -0.15) is 4.31 Å². The number of hydrogen-bond donors (Lipinski definition) is 1. The molecule has 8 nitrogen and oxygen atoms in total. The van der Waals surface area contributed by atoms with Gasteiger partial charge in [0, 0.05) is 44.5 Å². The summed E-state index contributed by atoms with van der Waals surface area (Å²) in [5.41, 5.74) is 2.31. The number of benzene rings is 2. The number of hydrogen-bond acceptors (Lipinski definition) is 6. The molecule has 0 saturated carbocycles. The Morgan fingerprint density at radius 2 is 1.97 bits per heavy atom. The predicted molar refractivity (Wildman–Crippen MR) is 116 cm³/mol. The highest BCUT2D eigenvalue weighted by atomic mass is 32.2. The molecule has 0 aliphatic carbocycles. The molecule has 0 spiro atoms. The standard InChI is InChI=1S/C21H26N4O4S/c1-16-5-4-11-24(14-16)30(28,29)18-8-9-20(21(13-18)25(26)27)23-12-10-22-19-7-3-2-6-17(19)15-23/h2-3,6-9,13,16,22H,4-5,10-12,14-15H2,1H3. The number of nitrogens with zero attached hydrogens (tertiary/aromatic N) is 3. The van der Waals surface area contributed by atoms with Crippen LogP contribution < -0.4 is 10.2 Å². The summed E-state index contributed by atoms with van der Waals surface area (Å²) in [5, 5.41) is 15.2. The Bertz CT molecular complexity index is 1060. The minimum absolute atomic E-state index is 0.0135. The van der Waals surface area contributed by atoms with Gasteiger partial charge in [-0.15, -0.1) is 0 Å². The van der Waals surface area contributed by atoms with E-state index in [1.54, 1.807) is 6.07 Å². The summed E-state index contributed by atoms with van der Waals surface area (Å²) < 4.78 is 27.6. The second kappa shape index (κ2) is 8.23. The topological polar surface area (TPSA) is 95.8 Å². The number of sulfonamides is 1. The third-order valence-corrected chi connectivity index (χ3v) is 7.68. The normalized spacial score (nSPS) is 20.2. The summed E-state index contributed by atoms with van der Waals surface area (Å²) in [6.45, 7) is 4.66. The molecule has 2 aromatic rings. The first-order valence-electron chi connectivity index (χ1n) is 10.2. The average Bonchev–Trinajstić information content (AvgIpc) is 2.95. The third kappa shape index (κ3) is 3.99. The lowest BCUT2D eigenvalue weighted by atomic mass is 10.0. The Balaban J connectivity index is 1.68. The van der Waals surface area contributed by atoms with Crippen molar-refractivity contribution in [2.75, 3.05) is 36.4 Å². The van der Waals surface area contributed by atoms with Crippen molar-refractivity contribution < 1.29 is 13.3 Å². The van der Waals surface area contributed by atoms with Crippen molar-refractivity contribution in [3.8, 4) is 0 Å². The van der Waals surface area contributed by atoms with Crippen LogP contribution in [0.4, 0.5) is 17.1 Å². The summed E-state index contributed by atoms with van der Waals surface area (Å²) in [4.78, 5) is 13.3. The molecule has 1 N–H and O–H groups in total. The van der Waals surface area contributed by atoms with E-state index >= 15 is 0 Å². The molecule has 160 valence electrons. The van der Waals surface area contributed by atoms with Crippen molar-refractivity contribution in [2.45, 2.75) is 31.2 Å². The third-order valence-electron chi connectivity index (χ3n) is 5.82. The first-order valence-corrected chi connectivity index (χ1v) is 11.7. The zero-order valence-corrected chi connectivity index (χ0v) is 17.8. The van der Waals surface area contributed by atoms with Gasteiger partial charge < -0.3 is 10.2 Å². The molecule has 0 bridgehead atoms. The SMILES string of the molecule is CC1CCCN(S(=O)(=O)c2ccc(N3CCNc4ccccc4C3)c([N+](=O)[O-])c2)C1. The lowest BCUT2D eigenvalue weighted by Crippen LogP contribution is -2.39. The summed E-state index contributed by atoms with van der Waals surface area (Å²) in [6.07, 6.45) is 1.80. The second-order valence-electron chi connectivity index (χ2n) is 8.02. The molecular formula is C21H26N4O4S. The van der Waals surface area contributed by atoms with Crippen molar-refractivity contribution in [1.29, 1.82) is 0 Å². The number of piperidine rings is 1. The van der Waals surface area contributed by atoms with Crippen LogP contribution >= 0.6 is 0 Å². The van der Waals surface area contributed by atoms with Gasteiger partial charge in [-0.25, -0.2) is 8.42 Å². The summed E-state index contributed by atoms with van der Waals surface area (Å²) >= 11 is 0. The van der Waals surface area contributed by atoms with E-state index in [4.69, 9.17) is 0 Å². The van der Waals surface area contributed by atoms with Crippen LogP contribution in [-0.4, -0.2) is 43.8 Å². The van der Waals surface area contributed by atoms with Crippen LogP contribution in [0.3, 0.4) is 0 Å². The molecule has 2 aliphatic heterocycles.